The normalized spacial score (nSPS) is 17.5. The number of aliphatic hydroxyl groups is 1. The van der Waals surface area contributed by atoms with Crippen molar-refractivity contribution < 1.29 is 33.0 Å². The lowest BCUT2D eigenvalue weighted by Gasteiger charge is -2.38. The van der Waals surface area contributed by atoms with Crippen LogP contribution in [0, 0.1) is 31.4 Å². The molecule has 2 amide bonds. The molecule has 4 aromatic carbocycles. The molecule has 2 aromatic heterocycles. The number of hydrogen-bond donors (Lipinski definition) is 1. The van der Waals surface area contributed by atoms with Crippen LogP contribution in [0.3, 0.4) is 0 Å². The summed E-state index contributed by atoms with van der Waals surface area (Å²) in [6.45, 7) is 9.08. The number of ether oxygens (including phenoxy) is 2. The number of aryl methyl sites for hydroxylation is 2. The van der Waals surface area contributed by atoms with Crippen molar-refractivity contribution >= 4 is 17.9 Å². The lowest BCUT2D eigenvalue weighted by atomic mass is 9.86. The Bertz CT molecular complexity index is 2570. The Hall–Kier alpha value is -6.60. The van der Waals surface area contributed by atoms with Gasteiger partial charge < -0.3 is 33.5 Å². The molecule has 6 aromatic rings. The molecule has 4 heterocycles. The molecule has 2 aliphatic heterocycles. The molecule has 0 saturated carbocycles. The maximum absolute atomic E-state index is 13.3. The summed E-state index contributed by atoms with van der Waals surface area (Å²) in [6, 6.07) is 23.6. The van der Waals surface area contributed by atoms with Crippen LogP contribution in [-0.2, 0) is 9.59 Å². The topological polar surface area (TPSA) is 115 Å². The van der Waals surface area contributed by atoms with E-state index in [0.717, 1.165) is 64.3 Å². The first-order valence-electron chi connectivity index (χ1n) is 21.2. The van der Waals surface area contributed by atoms with Crippen molar-refractivity contribution in [2.24, 2.45) is 5.92 Å². The second-order valence-corrected chi connectivity index (χ2v) is 16.2. The number of aliphatic hydroxyl groups excluding tert-OH is 1. The molecule has 2 aliphatic rings. The SMILES string of the molecule is COc1cc(/C=C2\CCCN([C@@H](C)c3ccc(F)cc3)C2=O)ccc1-n1cnc(C)c1.COc1cc(C(O)C2CCCN([C@@H](C)c3ccc(F)cc3)C2=O)ccc1-n1cnc(C)c1. The number of likely N-dealkylation sites (tertiary alicyclic amines) is 2. The van der Waals surface area contributed by atoms with Crippen molar-refractivity contribution in [3.63, 3.8) is 0 Å². The second kappa shape index (κ2) is 19.6. The molecule has 0 bridgehead atoms. The van der Waals surface area contributed by atoms with E-state index >= 15 is 0 Å². The molecule has 13 heteroatoms. The van der Waals surface area contributed by atoms with Crippen LogP contribution in [0.15, 0.2) is 116 Å². The van der Waals surface area contributed by atoms with Crippen molar-refractivity contribution in [3.05, 3.63) is 161 Å². The minimum absolute atomic E-state index is 0.0244. The van der Waals surface area contributed by atoms with Crippen molar-refractivity contribution in [2.75, 3.05) is 27.3 Å². The largest absolute Gasteiger partial charge is 0.495 e. The Balaban J connectivity index is 0.000000189. The van der Waals surface area contributed by atoms with Crippen LogP contribution >= 0.6 is 0 Å². The van der Waals surface area contributed by atoms with Gasteiger partial charge in [-0.1, -0.05) is 36.4 Å². The number of methoxy groups -OCH3 is 2. The highest BCUT2D eigenvalue weighted by atomic mass is 19.1. The molecular weight excluding hydrogens is 803 g/mol. The van der Waals surface area contributed by atoms with Crippen molar-refractivity contribution in [1.82, 2.24) is 28.9 Å². The quantitative estimate of drug-likeness (QED) is 0.129. The number of benzene rings is 4. The second-order valence-electron chi connectivity index (χ2n) is 16.2. The van der Waals surface area contributed by atoms with E-state index in [9.17, 15) is 23.5 Å². The summed E-state index contributed by atoms with van der Waals surface area (Å²) < 4.78 is 41.5. The van der Waals surface area contributed by atoms with Crippen LogP contribution in [-0.4, -0.2) is 73.1 Å². The van der Waals surface area contributed by atoms with Crippen LogP contribution in [0.1, 0.15) is 91.4 Å². The number of carbonyl (C=O) groups excluding carboxylic acids is 2. The number of piperidine rings is 2. The maximum atomic E-state index is 13.3. The van der Waals surface area contributed by atoms with Gasteiger partial charge in [-0.3, -0.25) is 9.59 Å². The maximum Gasteiger partial charge on any atom is 0.250 e. The van der Waals surface area contributed by atoms with Gasteiger partial charge in [-0.2, -0.15) is 0 Å². The summed E-state index contributed by atoms with van der Waals surface area (Å²) in [5.74, 6) is 0.125. The summed E-state index contributed by atoms with van der Waals surface area (Å²) in [4.78, 5) is 38.7. The summed E-state index contributed by atoms with van der Waals surface area (Å²) in [7, 11) is 3.22. The molecule has 63 heavy (non-hydrogen) atoms. The number of rotatable bonds is 11. The summed E-state index contributed by atoms with van der Waals surface area (Å²) >= 11 is 0. The first-order chi connectivity index (χ1) is 30.3. The van der Waals surface area contributed by atoms with Gasteiger partial charge in [-0.05, 0) is 130 Å². The Kier molecular flexibility index (Phi) is 13.8. The zero-order chi connectivity index (χ0) is 44.8. The number of aromatic nitrogens is 4. The van der Waals surface area contributed by atoms with Gasteiger partial charge in [0.1, 0.15) is 23.1 Å². The number of hydrogen-bond acceptors (Lipinski definition) is 7. The summed E-state index contributed by atoms with van der Waals surface area (Å²) in [6.07, 6.45) is 11.3. The van der Waals surface area contributed by atoms with Gasteiger partial charge in [0.25, 0.3) is 0 Å². The molecule has 0 aliphatic carbocycles. The van der Waals surface area contributed by atoms with Crippen LogP contribution in [0.25, 0.3) is 17.5 Å². The lowest BCUT2D eigenvalue weighted by Crippen LogP contribution is -2.44. The Morgan fingerprint density at radius 2 is 1.21 bits per heavy atom. The van der Waals surface area contributed by atoms with Crippen LogP contribution in [0.5, 0.6) is 11.5 Å². The fraction of sp³-hybridized carbons (Fsp3) is 0.320. The third kappa shape index (κ3) is 10.0. The van der Waals surface area contributed by atoms with E-state index in [1.807, 2.05) is 90.5 Å². The molecule has 2 saturated heterocycles. The third-order valence-electron chi connectivity index (χ3n) is 12.0. The van der Waals surface area contributed by atoms with Crippen LogP contribution < -0.4 is 9.47 Å². The van der Waals surface area contributed by atoms with E-state index in [-0.39, 0.29) is 35.5 Å². The Morgan fingerprint density at radius 1 is 0.698 bits per heavy atom. The van der Waals surface area contributed by atoms with E-state index in [2.05, 4.69) is 9.97 Å². The fourth-order valence-corrected chi connectivity index (χ4v) is 8.41. The van der Waals surface area contributed by atoms with Crippen molar-refractivity contribution in [2.45, 2.75) is 71.6 Å². The minimum atomic E-state index is -0.946. The molecule has 1 N–H and O–H groups in total. The number of amides is 2. The summed E-state index contributed by atoms with van der Waals surface area (Å²) in [5.41, 5.74) is 7.64. The van der Waals surface area contributed by atoms with Crippen molar-refractivity contribution in [3.8, 4) is 22.9 Å². The average molecular weight is 857 g/mol. The van der Waals surface area contributed by atoms with E-state index in [0.29, 0.717) is 36.6 Å². The number of halogens is 2. The van der Waals surface area contributed by atoms with Crippen molar-refractivity contribution in [1.29, 1.82) is 0 Å². The summed E-state index contributed by atoms with van der Waals surface area (Å²) in [5, 5.41) is 11.1. The van der Waals surface area contributed by atoms with E-state index in [1.54, 1.807) is 62.1 Å². The molecule has 11 nitrogen and oxygen atoms in total. The monoisotopic (exact) mass is 856 g/mol. The zero-order valence-electron chi connectivity index (χ0n) is 36.5. The number of nitrogens with zero attached hydrogens (tertiary/aromatic N) is 6. The average Bonchev–Trinajstić information content (AvgIpc) is 3.94. The first-order valence-corrected chi connectivity index (χ1v) is 21.2. The highest BCUT2D eigenvalue weighted by molar-refractivity contribution is 5.98. The van der Waals surface area contributed by atoms with Gasteiger partial charge in [-0.15, -0.1) is 0 Å². The fourth-order valence-electron chi connectivity index (χ4n) is 8.41. The predicted octanol–water partition coefficient (Wildman–Crippen LogP) is 9.46. The van der Waals surface area contributed by atoms with E-state index in [1.165, 1.54) is 24.3 Å². The van der Waals surface area contributed by atoms with Gasteiger partial charge >= 0.3 is 0 Å². The molecule has 328 valence electrons. The zero-order valence-corrected chi connectivity index (χ0v) is 36.5. The molecule has 0 radical (unpaired) electrons. The smallest absolute Gasteiger partial charge is 0.250 e. The molecule has 2 unspecified atom stereocenters. The molecule has 2 fully saturated rings. The van der Waals surface area contributed by atoms with E-state index in [4.69, 9.17) is 9.47 Å². The van der Waals surface area contributed by atoms with Gasteiger partial charge in [0.05, 0.1) is 73.7 Å². The molecule has 4 atom stereocenters. The third-order valence-corrected chi connectivity index (χ3v) is 12.0. The van der Waals surface area contributed by atoms with Crippen LogP contribution in [0.4, 0.5) is 8.78 Å². The Labute approximate surface area is 367 Å². The molecule has 0 spiro atoms. The van der Waals surface area contributed by atoms with Gasteiger partial charge in [0.2, 0.25) is 11.8 Å². The minimum Gasteiger partial charge on any atom is -0.495 e. The van der Waals surface area contributed by atoms with Crippen LogP contribution in [0.2, 0.25) is 0 Å². The van der Waals surface area contributed by atoms with Gasteiger partial charge in [0, 0.05) is 31.1 Å². The number of carbonyl (C=O) groups is 2. The first kappa shape index (κ1) is 44.5. The molecular formula is C50H54F2N6O5. The standard InChI is InChI=1S/C25H28FN3O3.C25H26FN3O2/c1-16-14-28(15-27-16)22-11-8-19(13-23(22)32-3)24(30)21-5-4-12-29(25(21)31)17(2)18-6-9-20(26)10-7-18;1-17-15-28(16-27-17)23-11-6-19(14-24(23)31-3)13-21-5-4-12-29(25(21)30)18(2)20-7-9-22(26)10-8-20/h6-11,13-15,17,21,24,30H,4-5,12H2,1-3H3;6-11,13-16,18H,4-5,12H2,1-3H3/b;21-13+/t17-,21?,24?;18-/m00/s1. The van der Waals surface area contributed by atoms with E-state index < -0.39 is 12.0 Å². The lowest BCUT2D eigenvalue weighted by molar-refractivity contribution is -0.145. The molecule has 8 rings (SSSR count). The highest BCUT2D eigenvalue weighted by Gasteiger charge is 2.37. The number of imidazole rings is 2. The van der Waals surface area contributed by atoms with Gasteiger partial charge in [-0.25, -0.2) is 18.7 Å². The predicted molar refractivity (Wildman–Crippen MR) is 238 cm³/mol. The highest BCUT2D eigenvalue weighted by Crippen LogP contribution is 2.37. The Morgan fingerprint density at radius 3 is 1.75 bits per heavy atom. The van der Waals surface area contributed by atoms with Gasteiger partial charge in [0.15, 0.2) is 0 Å².